The molecule has 3 aliphatic heterocycles. The van der Waals surface area contributed by atoms with Crippen LogP contribution in [0.3, 0.4) is 0 Å². The summed E-state index contributed by atoms with van der Waals surface area (Å²) in [5.74, 6) is 5.06. The number of hydrogen-bond donors (Lipinski definition) is 3. The van der Waals surface area contributed by atoms with Gasteiger partial charge in [-0.2, -0.15) is 18.4 Å². The van der Waals surface area contributed by atoms with Crippen LogP contribution in [0.25, 0.3) is 10.4 Å². The Bertz CT molecular complexity index is 3450. The summed E-state index contributed by atoms with van der Waals surface area (Å²) in [6.07, 6.45) is -1.48. The number of alkyl halides is 3. The Morgan fingerprint density at radius 3 is 2.26 bits per heavy atom. The number of anilines is 3. The van der Waals surface area contributed by atoms with Gasteiger partial charge >= 0.3 is 6.18 Å². The van der Waals surface area contributed by atoms with Gasteiger partial charge in [0.25, 0.3) is 5.91 Å². The number of likely N-dealkylation sites (tertiary alicyclic amines) is 1. The van der Waals surface area contributed by atoms with Crippen LogP contribution in [0, 0.1) is 42.9 Å². The largest absolute Gasteiger partial charge is 0.417 e. The number of carbonyl (C=O) groups excluding carboxylic acids is 4. The van der Waals surface area contributed by atoms with E-state index in [2.05, 4.69) is 41.8 Å². The van der Waals surface area contributed by atoms with Crippen molar-refractivity contribution in [3.05, 3.63) is 142 Å². The zero-order valence-corrected chi connectivity index (χ0v) is 47.8. The molecule has 82 heavy (non-hydrogen) atoms. The monoisotopic (exact) mass is 1150 g/mol. The van der Waals surface area contributed by atoms with Gasteiger partial charge in [0.1, 0.15) is 29.1 Å². The predicted octanol–water partition coefficient (Wildman–Crippen LogP) is 8.29. The van der Waals surface area contributed by atoms with Crippen LogP contribution < -0.4 is 25.3 Å². The molecule has 426 valence electrons. The average molecular weight is 1150 g/mol. The lowest BCUT2D eigenvalue weighted by molar-refractivity contribution is -0.141. The van der Waals surface area contributed by atoms with Crippen molar-refractivity contribution in [2.45, 2.75) is 96.6 Å². The number of benzene rings is 3. The number of β-amino-alcohol motifs (C(OH)–C–C–N with tert-alkyl or cyclic N) is 1. The summed E-state index contributed by atoms with van der Waals surface area (Å²) in [7, 11) is 0. The first-order valence-electron chi connectivity index (χ1n) is 27.0. The number of thiocarbonyl (C=S) groups is 1. The van der Waals surface area contributed by atoms with Gasteiger partial charge in [-0.05, 0) is 142 Å². The van der Waals surface area contributed by atoms with Gasteiger partial charge in [-0.25, -0.2) is 9.36 Å². The third kappa shape index (κ3) is 12.9. The van der Waals surface area contributed by atoms with Gasteiger partial charge in [-0.3, -0.25) is 29.0 Å². The molecule has 3 fully saturated rings. The molecule has 22 heteroatoms. The zero-order chi connectivity index (χ0) is 58.6. The normalized spacial score (nSPS) is 18.1. The molecule has 0 spiro atoms. The van der Waals surface area contributed by atoms with Crippen LogP contribution in [0.4, 0.5) is 30.4 Å². The van der Waals surface area contributed by atoms with E-state index < -0.39 is 58.8 Å². The van der Waals surface area contributed by atoms with Crippen molar-refractivity contribution in [2.24, 2.45) is 5.92 Å². The molecule has 3 aliphatic rings. The van der Waals surface area contributed by atoms with Crippen LogP contribution in [-0.4, -0.2) is 122 Å². The van der Waals surface area contributed by atoms with E-state index in [1.807, 2.05) is 63.4 Å². The van der Waals surface area contributed by atoms with Crippen molar-refractivity contribution >= 4 is 69.7 Å². The molecule has 3 saturated heterocycles. The number of hydrogen-bond acceptors (Lipinski definition) is 14. The number of aliphatic hydroxyl groups is 1. The van der Waals surface area contributed by atoms with E-state index in [9.17, 15) is 42.7 Å². The van der Waals surface area contributed by atoms with E-state index in [0.29, 0.717) is 46.8 Å². The minimum atomic E-state index is -4.81. The number of aliphatic hydroxyl groups excluding tert-OH is 1. The van der Waals surface area contributed by atoms with E-state index in [1.165, 1.54) is 22.5 Å². The van der Waals surface area contributed by atoms with Crippen LogP contribution >= 0.6 is 23.8 Å². The number of halogens is 3. The highest BCUT2D eigenvalue weighted by Crippen LogP contribution is 2.40. The van der Waals surface area contributed by atoms with Gasteiger partial charge in [0.05, 0.1) is 52.0 Å². The Morgan fingerprint density at radius 1 is 0.939 bits per heavy atom. The highest BCUT2D eigenvalue weighted by molar-refractivity contribution is 7.81. The van der Waals surface area contributed by atoms with Crippen molar-refractivity contribution in [2.75, 3.05) is 60.5 Å². The third-order valence-corrected chi connectivity index (χ3v) is 16.3. The maximum Gasteiger partial charge on any atom is 0.417 e. The number of piperazine rings is 1. The Hall–Kier alpha value is -8.02. The highest BCUT2D eigenvalue weighted by atomic mass is 32.1. The average Bonchev–Trinajstić information content (AvgIpc) is 2.50. The quantitative estimate of drug-likeness (QED) is 0.0474. The van der Waals surface area contributed by atoms with Gasteiger partial charge in [-0.15, -0.1) is 0 Å². The predicted molar refractivity (Wildman–Crippen MR) is 308 cm³/mol. The zero-order valence-electron chi connectivity index (χ0n) is 46.2. The lowest BCUT2D eigenvalue weighted by atomic mass is 9.91. The first-order valence-corrected chi connectivity index (χ1v) is 28.2. The molecule has 17 nitrogen and oxygen atoms in total. The number of rotatable bonds is 16. The summed E-state index contributed by atoms with van der Waals surface area (Å²) in [4.78, 5) is 70.0. The number of nitrogens with one attached hydrogen (secondary N) is 2. The maximum absolute atomic E-state index is 14.2. The molecular formula is C60H62F3N11O6S2. The van der Waals surface area contributed by atoms with E-state index in [-0.39, 0.29) is 47.9 Å². The fourth-order valence-corrected chi connectivity index (χ4v) is 11.9. The molecule has 0 radical (unpaired) electrons. The van der Waals surface area contributed by atoms with Gasteiger partial charge in [0.15, 0.2) is 5.11 Å². The second kappa shape index (κ2) is 24.6. The van der Waals surface area contributed by atoms with Crippen LogP contribution in [0.2, 0.25) is 0 Å². The highest BCUT2D eigenvalue weighted by Gasteiger charge is 2.51. The van der Waals surface area contributed by atoms with E-state index in [0.717, 1.165) is 71.6 Å². The number of carbonyl (C=O) groups is 4. The second-order valence-corrected chi connectivity index (χ2v) is 22.8. The van der Waals surface area contributed by atoms with Crippen molar-refractivity contribution in [1.29, 1.82) is 5.26 Å². The lowest BCUT2D eigenvalue weighted by Gasteiger charge is -2.35. The number of aromatic nitrogens is 3. The van der Waals surface area contributed by atoms with E-state index in [4.69, 9.17) is 21.7 Å². The molecule has 3 aromatic heterocycles. The van der Waals surface area contributed by atoms with Crippen LogP contribution in [-0.2, 0) is 25.4 Å². The summed E-state index contributed by atoms with van der Waals surface area (Å²) >= 11 is 7.07. The topological polar surface area (TPSA) is 204 Å². The van der Waals surface area contributed by atoms with Crippen molar-refractivity contribution in [3.63, 3.8) is 0 Å². The molecule has 9 rings (SSSR count). The molecule has 6 heterocycles. The van der Waals surface area contributed by atoms with Crippen molar-refractivity contribution < 1.29 is 42.0 Å². The molecular weight excluding hydrogens is 1090 g/mol. The molecule has 4 amide bonds. The maximum atomic E-state index is 14.2. The first-order chi connectivity index (χ1) is 39.1. The summed E-state index contributed by atoms with van der Waals surface area (Å²) in [5.41, 5.74) is 2.25. The molecule has 3 aromatic carbocycles. The number of nitrogens with zero attached hydrogens (tertiary/aromatic N) is 9. The van der Waals surface area contributed by atoms with Crippen LogP contribution in [0.15, 0.2) is 102 Å². The Balaban J connectivity index is 0.758. The third-order valence-electron chi connectivity index (χ3n) is 15.0. The first kappa shape index (κ1) is 58.6. The summed E-state index contributed by atoms with van der Waals surface area (Å²) in [5, 5.41) is 30.2. The molecule has 6 aromatic rings. The Morgan fingerprint density at radius 2 is 1.63 bits per heavy atom. The van der Waals surface area contributed by atoms with Crippen LogP contribution in [0.5, 0.6) is 0 Å². The second-order valence-electron chi connectivity index (χ2n) is 21.6. The van der Waals surface area contributed by atoms with Gasteiger partial charge < -0.3 is 35.0 Å². The van der Waals surface area contributed by atoms with Crippen LogP contribution in [0.1, 0.15) is 104 Å². The van der Waals surface area contributed by atoms with Gasteiger partial charge in [0.2, 0.25) is 17.7 Å². The molecule has 0 unspecified atom stereocenters. The summed E-state index contributed by atoms with van der Waals surface area (Å²) in [6.45, 7) is 15.1. The van der Waals surface area contributed by atoms with Crippen molar-refractivity contribution in [3.8, 4) is 28.4 Å². The summed E-state index contributed by atoms with van der Waals surface area (Å²) < 4.78 is 51.2. The minimum absolute atomic E-state index is 0.00226. The number of pyridine rings is 1. The standard InChI is InChI=1S/C60H62F3N11O6S2/c1-36(2)53(50-28-38(4)69-80-50)56(78)72-35-46(75)30-49(72)55(77)68-48(41-13-15-42(16-14-41)54-37(3)33-67-82-54)31-52(76)65-22-7-23-70-24-26-71(27-25-70)51-21-12-40(34-66-51)9-8-39-10-18-44(19-11-39)74-58(81)73(57(79)59(74,5)6)45-20-17-43(32-64)47(29-45)60(61,62)63/h10-21,28-29,33-34,36,46,48-49,53,75H,7,22-27,30-31,35H2,1-6H3,(H,65,76)(H,68,77)/t46-,48+,49+,53-/m1/s1. The fraction of sp³-hybridized carbons (Fsp3) is 0.383. The molecule has 0 bridgehead atoms. The molecule has 0 aliphatic carbocycles. The molecule has 4 atom stereocenters. The molecule has 0 saturated carbocycles. The lowest BCUT2D eigenvalue weighted by Crippen LogP contribution is -2.49. The number of aryl methyl sites for hydroxylation is 2. The number of amides is 4. The molecule has 3 N–H and O–H groups in total. The van der Waals surface area contributed by atoms with Gasteiger partial charge in [0, 0.05) is 81.0 Å². The van der Waals surface area contributed by atoms with Crippen molar-refractivity contribution in [1.82, 2.24) is 34.9 Å². The Labute approximate surface area is 483 Å². The summed E-state index contributed by atoms with van der Waals surface area (Å²) in [6, 6.07) is 23.2. The smallest absolute Gasteiger partial charge is 0.391 e. The fourth-order valence-electron chi connectivity index (χ4n) is 10.6. The number of nitriles is 1. The Kier molecular flexibility index (Phi) is 17.6. The minimum Gasteiger partial charge on any atom is -0.391 e. The SMILES string of the molecule is Cc1cc([C@H](C(=O)N2C[C@H](O)C[C@H]2C(=O)N[C@@H](CC(=O)NCCCN2CCN(c3ccc(C#Cc4ccc(N5C(=S)N(c6ccc(C#N)c(C(F)(F)F)c6)C(=O)C5(C)C)cc4)cn3)CC2)c2ccc(-c3sncc3C)cc2)C(C)C)on1. The van der Waals surface area contributed by atoms with E-state index >= 15 is 0 Å². The van der Waals surface area contributed by atoms with Gasteiger partial charge in [-0.1, -0.05) is 55.1 Å². The van der Waals surface area contributed by atoms with E-state index in [1.54, 1.807) is 68.3 Å².